The second-order valence-electron chi connectivity index (χ2n) is 4.54. The molecule has 0 fully saturated rings. The van der Waals surface area contributed by atoms with E-state index >= 15 is 0 Å². The van der Waals surface area contributed by atoms with Gasteiger partial charge < -0.3 is 9.97 Å². The average Bonchev–Trinajstić information content (AvgIpc) is 2.91. The van der Waals surface area contributed by atoms with Crippen LogP contribution in [-0.4, -0.2) is 19.9 Å². The van der Waals surface area contributed by atoms with E-state index in [-0.39, 0.29) is 5.56 Å². The summed E-state index contributed by atoms with van der Waals surface area (Å²) in [7, 11) is 0. The van der Waals surface area contributed by atoms with E-state index in [0.717, 1.165) is 22.2 Å². The van der Waals surface area contributed by atoms with E-state index in [2.05, 4.69) is 19.9 Å². The third kappa shape index (κ3) is 1.53. The smallest absolute Gasteiger partial charge is 0.277 e. The first-order chi connectivity index (χ1) is 9.83. The first kappa shape index (κ1) is 10.9. The molecule has 0 saturated heterocycles. The molecule has 0 aliphatic carbocycles. The van der Waals surface area contributed by atoms with Gasteiger partial charge in [-0.15, -0.1) is 0 Å². The van der Waals surface area contributed by atoms with Crippen LogP contribution in [0.3, 0.4) is 0 Å². The Morgan fingerprint density at radius 3 is 2.85 bits per heavy atom. The minimum Gasteiger partial charge on any atom is -0.360 e. The van der Waals surface area contributed by atoms with Gasteiger partial charge in [0.1, 0.15) is 0 Å². The highest BCUT2D eigenvalue weighted by molar-refractivity contribution is 5.95. The Morgan fingerprint density at radius 1 is 1.00 bits per heavy atom. The lowest BCUT2D eigenvalue weighted by atomic mass is 10.1. The summed E-state index contributed by atoms with van der Waals surface area (Å²) in [6.45, 7) is 0. The van der Waals surface area contributed by atoms with Crippen molar-refractivity contribution in [3.05, 3.63) is 59.3 Å². The van der Waals surface area contributed by atoms with Crippen LogP contribution >= 0.6 is 0 Å². The van der Waals surface area contributed by atoms with Crippen molar-refractivity contribution in [2.45, 2.75) is 0 Å². The number of hydrogen-bond donors (Lipinski definition) is 2. The van der Waals surface area contributed by atoms with E-state index in [1.807, 2.05) is 42.6 Å². The van der Waals surface area contributed by atoms with E-state index in [1.54, 1.807) is 0 Å². The highest BCUT2D eigenvalue weighted by atomic mass is 16.1. The topological polar surface area (TPSA) is 74.4 Å². The molecule has 0 saturated carbocycles. The Labute approximate surface area is 113 Å². The van der Waals surface area contributed by atoms with E-state index < -0.39 is 0 Å². The Balaban J connectivity index is 2.03. The first-order valence-corrected chi connectivity index (χ1v) is 6.24. The van der Waals surface area contributed by atoms with Crippen molar-refractivity contribution in [3.8, 4) is 11.3 Å². The molecule has 3 heterocycles. The van der Waals surface area contributed by atoms with Crippen LogP contribution in [0.2, 0.25) is 0 Å². The summed E-state index contributed by atoms with van der Waals surface area (Å²) in [5.41, 5.74) is 3.51. The van der Waals surface area contributed by atoms with Crippen molar-refractivity contribution in [2.24, 2.45) is 0 Å². The molecular weight excluding hydrogens is 252 g/mol. The van der Waals surface area contributed by atoms with Crippen LogP contribution in [0.1, 0.15) is 0 Å². The van der Waals surface area contributed by atoms with E-state index in [0.29, 0.717) is 11.0 Å². The normalized spacial score (nSPS) is 11.2. The van der Waals surface area contributed by atoms with Gasteiger partial charge in [-0.2, -0.15) is 0 Å². The van der Waals surface area contributed by atoms with Crippen molar-refractivity contribution >= 4 is 21.9 Å². The maximum absolute atomic E-state index is 11.8. The summed E-state index contributed by atoms with van der Waals surface area (Å²) in [6.07, 6.45) is 3.29. The second kappa shape index (κ2) is 4.03. The minimum atomic E-state index is -0.225. The number of aromatic amines is 2. The molecule has 3 aromatic heterocycles. The van der Waals surface area contributed by atoms with Crippen LogP contribution in [0.5, 0.6) is 0 Å². The fourth-order valence-electron chi connectivity index (χ4n) is 2.39. The molecule has 1 aromatic carbocycles. The van der Waals surface area contributed by atoms with Crippen molar-refractivity contribution in [1.82, 2.24) is 19.9 Å². The number of H-pyrrole nitrogens is 2. The average molecular weight is 262 g/mol. The van der Waals surface area contributed by atoms with Crippen molar-refractivity contribution < 1.29 is 0 Å². The third-order valence-corrected chi connectivity index (χ3v) is 3.35. The van der Waals surface area contributed by atoms with Crippen LogP contribution in [-0.2, 0) is 0 Å². The van der Waals surface area contributed by atoms with E-state index in [9.17, 15) is 4.79 Å². The van der Waals surface area contributed by atoms with Gasteiger partial charge in [-0.1, -0.05) is 18.2 Å². The fourth-order valence-corrected chi connectivity index (χ4v) is 2.39. The van der Waals surface area contributed by atoms with Crippen LogP contribution < -0.4 is 5.56 Å². The number of nitrogens with one attached hydrogen (secondary N) is 2. The minimum absolute atomic E-state index is 0.225. The lowest BCUT2D eigenvalue weighted by molar-refractivity contribution is 1.15. The SMILES string of the molecule is O=c1[nH]cnc2ccc(-c3c[nH]c4ccccc34)nc12. The molecule has 5 nitrogen and oxygen atoms in total. The number of rotatable bonds is 1. The summed E-state index contributed by atoms with van der Waals surface area (Å²) >= 11 is 0. The van der Waals surface area contributed by atoms with Gasteiger partial charge in [-0.3, -0.25) is 4.79 Å². The monoisotopic (exact) mass is 262 g/mol. The molecular formula is C15H10N4O. The van der Waals surface area contributed by atoms with Crippen LogP contribution in [0.15, 0.2) is 53.7 Å². The molecule has 5 heteroatoms. The van der Waals surface area contributed by atoms with Crippen LogP contribution in [0.4, 0.5) is 0 Å². The molecule has 0 bridgehead atoms. The Kier molecular flexibility index (Phi) is 2.20. The summed E-state index contributed by atoms with van der Waals surface area (Å²) < 4.78 is 0. The van der Waals surface area contributed by atoms with E-state index in [1.165, 1.54) is 6.33 Å². The quantitative estimate of drug-likeness (QED) is 0.553. The number of pyridine rings is 1. The molecule has 0 spiro atoms. The van der Waals surface area contributed by atoms with Gasteiger partial charge in [0.05, 0.1) is 17.5 Å². The lowest BCUT2D eigenvalue weighted by Gasteiger charge is -2.00. The predicted octanol–water partition coefficient (Wildman–Crippen LogP) is 2.47. The zero-order chi connectivity index (χ0) is 13.5. The Hall–Kier alpha value is -2.95. The maximum Gasteiger partial charge on any atom is 0.277 e. The Bertz CT molecular complexity index is 984. The zero-order valence-corrected chi connectivity index (χ0v) is 10.4. The number of fused-ring (bicyclic) bond motifs is 2. The van der Waals surface area contributed by atoms with Gasteiger partial charge in [-0.25, -0.2) is 9.97 Å². The first-order valence-electron chi connectivity index (χ1n) is 6.24. The molecule has 0 unspecified atom stereocenters. The molecule has 0 radical (unpaired) electrons. The lowest BCUT2D eigenvalue weighted by Crippen LogP contribution is -2.08. The van der Waals surface area contributed by atoms with Gasteiger partial charge in [0.15, 0.2) is 5.52 Å². The number of nitrogens with zero attached hydrogens (tertiary/aromatic N) is 2. The fraction of sp³-hybridized carbons (Fsp3) is 0. The van der Waals surface area contributed by atoms with Gasteiger partial charge in [0.25, 0.3) is 5.56 Å². The zero-order valence-electron chi connectivity index (χ0n) is 10.4. The highest BCUT2D eigenvalue weighted by Gasteiger charge is 2.09. The largest absolute Gasteiger partial charge is 0.360 e. The van der Waals surface area contributed by atoms with Gasteiger partial charge in [0, 0.05) is 22.7 Å². The summed E-state index contributed by atoms with van der Waals surface area (Å²) in [4.78, 5) is 26.1. The van der Waals surface area contributed by atoms with Gasteiger partial charge in [-0.05, 0) is 18.2 Å². The number of benzene rings is 1. The molecule has 0 aliphatic rings. The number of hydrogen-bond acceptors (Lipinski definition) is 3. The van der Waals surface area contributed by atoms with Crippen LogP contribution in [0, 0.1) is 0 Å². The molecule has 4 aromatic rings. The van der Waals surface area contributed by atoms with E-state index in [4.69, 9.17) is 0 Å². The maximum atomic E-state index is 11.8. The summed E-state index contributed by atoms with van der Waals surface area (Å²) in [5.74, 6) is 0. The Morgan fingerprint density at radius 2 is 1.90 bits per heavy atom. The molecule has 0 atom stereocenters. The van der Waals surface area contributed by atoms with Crippen molar-refractivity contribution in [3.63, 3.8) is 0 Å². The van der Waals surface area contributed by atoms with Crippen molar-refractivity contribution in [1.29, 1.82) is 0 Å². The molecule has 0 amide bonds. The standard InChI is InChI=1S/C15H10N4O/c20-15-14-13(17-8-18-15)6-5-12(19-14)10-7-16-11-4-2-1-3-9(10)11/h1-8,16H,(H,17,18,20). The van der Waals surface area contributed by atoms with Gasteiger partial charge in [0.2, 0.25) is 0 Å². The van der Waals surface area contributed by atoms with Gasteiger partial charge >= 0.3 is 0 Å². The third-order valence-electron chi connectivity index (χ3n) is 3.35. The predicted molar refractivity (Wildman–Crippen MR) is 77.5 cm³/mol. The molecule has 0 aliphatic heterocycles. The van der Waals surface area contributed by atoms with Crippen molar-refractivity contribution in [2.75, 3.05) is 0 Å². The highest BCUT2D eigenvalue weighted by Crippen LogP contribution is 2.27. The summed E-state index contributed by atoms with van der Waals surface area (Å²) in [5, 5.41) is 1.08. The number of aromatic nitrogens is 4. The van der Waals surface area contributed by atoms with Crippen LogP contribution in [0.25, 0.3) is 33.2 Å². The second-order valence-corrected chi connectivity index (χ2v) is 4.54. The number of para-hydroxylation sites is 1. The molecule has 4 rings (SSSR count). The summed E-state index contributed by atoms with van der Waals surface area (Å²) in [6, 6.07) is 11.7. The molecule has 2 N–H and O–H groups in total. The molecule has 96 valence electrons. The molecule has 20 heavy (non-hydrogen) atoms.